The number of unbranched alkanes of at least 4 members (excludes halogenated alkanes) is 1. The Morgan fingerprint density at radius 2 is 2.00 bits per heavy atom. The minimum Gasteiger partial charge on any atom is -0.370 e. The van der Waals surface area contributed by atoms with Crippen molar-refractivity contribution in [1.82, 2.24) is 0 Å². The smallest absolute Gasteiger partial charge is 0.217 e. The Balaban J connectivity index is 0. The monoisotopic (exact) mass is 247 g/mol. The van der Waals surface area contributed by atoms with Gasteiger partial charge in [-0.2, -0.15) is 0 Å². The van der Waals surface area contributed by atoms with Gasteiger partial charge in [0, 0.05) is 6.42 Å². The minimum atomic E-state index is -0.162. The molecule has 2 N–H and O–H groups in total. The first-order chi connectivity index (χ1) is 7.20. The predicted molar refractivity (Wildman–Crippen MR) is 72.7 cm³/mol. The van der Waals surface area contributed by atoms with Gasteiger partial charge < -0.3 is 5.73 Å². The molecule has 2 nitrogen and oxygen atoms in total. The van der Waals surface area contributed by atoms with Gasteiger partial charge in [0.15, 0.2) is 0 Å². The number of nitrogens with two attached hydrogens (primary N) is 1. The number of halogens is 1. The van der Waals surface area contributed by atoms with Gasteiger partial charge in [0.05, 0.1) is 0 Å². The van der Waals surface area contributed by atoms with Crippen molar-refractivity contribution in [3.8, 4) is 0 Å². The van der Waals surface area contributed by atoms with Crippen LogP contribution in [0.15, 0.2) is 12.2 Å². The lowest BCUT2D eigenvalue weighted by atomic mass is 9.92. The van der Waals surface area contributed by atoms with E-state index in [9.17, 15) is 4.79 Å². The highest BCUT2D eigenvalue weighted by atomic mass is 35.5. The zero-order chi connectivity index (χ0) is 11.5. The molecule has 0 fully saturated rings. The highest BCUT2D eigenvalue weighted by molar-refractivity contribution is 5.85. The molecule has 0 aliphatic carbocycles. The molecular formula is C13H26ClNO. The van der Waals surface area contributed by atoms with E-state index in [2.05, 4.69) is 26.0 Å². The third kappa shape index (κ3) is 11.6. The van der Waals surface area contributed by atoms with Crippen LogP contribution in [0.2, 0.25) is 0 Å². The summed E-state index contributed by atoms with van der Waals surface area (Å²) >= 11 is 0. The van der Waals surface area contributed by atoms with E-state index in [-0.39, 0.29) is 18.3 Å². The molecule has 0 saturated carbocycles. The fraction of sp³-hybridized carbons (Fsp3) is 0.769. The average molecular weight is 248 g/mol. The number of primary amides is 1. The Morgan fingerprint density at radius 1 is 1.31 bits per heavy atom. The van der Waals surface area contributed by atoms with Crippen LogP contribution in [0.4, 0.5) is 0 Å². The zero-order valence-electron chi connectivity index (χ0n) is 10.6. The predicted octanol–water partition coefficient (Wildman–Crippen LogP) is 3.84. The van der Waals surface area contributed by atoms with Crippen LogP contribution in [0.5, 0.6) is 0 Å². The van der Waals surface area contributed by atoms with E-state index < -0.39 is 0 Å². The highest BCUT2D eigenvalue weighted by Gasteiger charge is 2.08. The largest absolute Gasteiger partial charge is 0.370 e. The summed E-state index contributed by atoms with van der Waals surface area (Å²) in [5, 5.41) is 0. The van der Waals surface area contributed by atoms with Gasteiger partial charge in [-0.05, 0) is 32.1 Å². The van der Waals surface area contributed by atoms with Gasteiger partial charge in [-0.1, -0.05) is 38.3 Å². The summed E-state index contributed by atoms with van der Waals surface area (Å²) in [6, 6.07) is 0. The summed E-state index contributed by atoms with van der Waals surface area (Å²) in [5.41, 5.74) is 5.16. The summed E-state index contributed by atoms with van der Waals surface area (Å²) in [4.78, 5) is 10.7. The first-order valence-electron chi connectivity index (χ1n) is 6.10. The molecular weight excluding hydrogens is 222 g/mol. The molecule has 96 valence electrons. The van der Waals surface area contributed by atoms with Crippen molar-refractivity contribution < 1.29 is 4.79 Å². The second kappa shape index (κ2) is 12.6. The van der Waals surface area contributed by atoms with Crippen LogP contribution in [-0.2, 0) is 4.79 Å². The quantitative estimate of drug-likeness (QED) is 0.488. The van der Waals surface area contributed by atoms with Crippen molar-refractivity contribution in [1.29, 1.82) is 0 Å². The first kappa shape index (κ1) is 17.9. The maximum absolute atomic E-state index is 10.7. The number of carbonyl (C=O) groups excluding carboxylic acids is 1. The molecule has 0 aromatic rings. The molecule has 0 rings (SSSR count). The average Bonchev–Trinajstić information content (AvgIpc) is 2.20. The maximum Gasteiger partial charge on any atom is 0.217 e. The zero-order valence-corrected chi connectivity index (χ0v) is 11.4. The molecule has 16 heavy (non-hydrogen) atoms. The van der Waals surface area contributed by atoms with E-state index in [1.165, 1.54) is 25.7 Å². The van der Waals surface area contributed by atoms with Crippen molar-refractivity contribution in [2.24, 2.45) is 11.7 Å². The third-order valence-electron chi connectivity index (χ3n) is 2.71. The Kier molecular flexibility index (Phi) is 14.0. The SMILES string of the molecule is CC=CCCCC(CCC)CCC(N)=O.Cl. The number of amides is 1. The summed E-state index contributed by atoms with van der Waals surface area (Å²) in [7, 11) is 0. The lowest BCUT2D eigenvalue weighted by molar-refractivity contribution is -0.118. The van der Waals surface area contributed by atoms with E-state index in [0.717, 1.165) is 12.8 Å². The standard InChI is InChI=1S/C13H25NO.ClH/c1-3-5-6-7-9-12(8-4-2)10-11-13(14)15;/h3,5,12H,4,6-11H2,1-2H3,(H2,14,15);1H. The van der Waals surface area contributed by atoms with Crippen molar-refractivity contribution in [2.45, 2.75) is 58.8 Å². The lowest BCUT2D eigenvalue weighted by Gasteiger charge is -2.14. The molecule has 1 amide bonds. The topological polar surface area (TPSA) is 43.1 Å². The third-order valence-corrected chi connectivity index (χ3v) is 2.71. The van der Waals surface area contributed by atoms with Crippen LogP contribution in [0.1, 0.15) is 58.8 Å². The van der Waals surface area contributed by atoms with Gasteiger partial charge in [0.2, 0.25) is 5.91 Å². The molecule has 0 saturated heterocycles. The molecule has 0 radical (unpaired) electrons. The molecule has 0 aliphatic heterocycles. The van der Waals surface area contributed by atoms with Crippen LogP contribution in [0, 0.1) is 5.92 Å². The van der Waals surface area contributed by atoms with Crippen molar-refractivity contribution in [3.63, 3.8) is 0 Å². The normalized spacial score (nSPS) is 12.4. The van der Waals surface area contributed by atoms with Gasteiger partial charge in [-0.25, -0.2) is 0 Å². The molecule has 1 atom stereocenters. The molecule has 0 aliphatic rings. The molecule has 0 heterocycles. The summed E-state index contributed by atoms with van der Waals surface area (Å²) in [6.07, 6.45) is 11.9. The number of carbonyl (C=O) groups is 1. The van der Waals surface area contributed by atoms with Crippen molar-refractivity contribution >= 4 is 18.3 Å². The number of allylic oxidation sites excluding steroid dienone is 2. The maximum atomic E-state index is 10.7. The fourth-order valence-corrected chi connectivity index (χ4v) is 1.88. The second-order valence-electron chi connectivity index (χ2n) is 4.16. The van der Waals surface area contributed by atoms with E-state index in [1.807, 2.05) is 0 Å². The van der Waals surface area contributed by atoms with Crippen LogP contribution < -0.4 is 5.73 Å². The van der Waals surface area contributed by atoms with Crippen molar-refractivity contribution in [2.75, 3.05) is 0 Å². The molecule has 0 aromatic carbocycles. The number of hydrogen-bond acceptors (Lipinski definition) is 1. The van der Waals surface area contributed by atoms with Gasteiger partial charge in [-0.15, -0.1) is 12.4 Å². The van der Waals surface area contributed by atoms with E-state index in [4.69, 9.17) is 5.73 Å². The van der Waals surface area contributed by atoms with Gasteiger partial charge in [-0.3, -0.25) is 4.79 Å². The van der Waals surface area contributed by atoms with E-state index in [1.54, 1.807) is 0 Å². The highest BCUT2D eigenvalue weighted by Crippen LogP contribution is 2.20. The van der Waals surface area contributed by atoms with Gasteiger partial charge >= 0.3 is 0 Å². The molecule has 0 spiro atoms. The molecule has 0 bridgehead atoms. The molecule has 1 unspecified atom stereocenters. The Bertz CT molecular complexity index is 192. The number of rotatable bonds is 9. The van der Waals surface area contributed by atoms with Crippen molar-refractivity contribution in [3.05, 3.63) is 12.2 Å². The minimum absolute atomic E-state index is 0. The van der Waals surface area contributed by atoms with E-state index >= 15 is 0 Å². The molecule has 0 aromatic heterocycles. The van der Waals surface area contributed by atoms with Crippen LogP contribution in [0.25, 0.3) is 0 Å². The lowest BCUT2D eigenvalue weighted by Crippen LogP contribution is -2.12. The van der Waals surface area contributed by atoms with Gasteiger partial charge in [0.25, 0.3) is 0 Å². The summed E-state index contributed by atoms with van der Waals surface area (Å²) in [6.45, 7) is 4.25. The second-order valence-corrected chi connectivity index (χ2v) is 4.16. The van der Waals surface area contributed by atoms with Gasteiger partial charge in [0.1, 0.15) is 0 Å². The Labute approximate surface area is 106 Å². The Hall–Kier alpha value is -0.500. The summed E-state index contributed by atoms with van der Waals surface area (Å²) in [5.74, 6) is 0.525. The fourth-order valence-electron chi connectivity index (χ4n) is 1.88. The van der Waals surface area contributed by atoms with Crippen LogP contribution in [0.3, 0.4) is 0 Å². The van der Waals surface area contributed by atoms with Crippen LogP contribution in [-0.4, -0.2) is 5.91 Å². The Morgan fingerprint density at radius 3 is 2.50 bits per heavy atom. The summed E-state index contributed by atoms with van der Waals surface area (Å²) < 4.78 is 0. The van der Waals surface area contributed by atoms with E-state index in [0.29, 0.717) is 12.3 Å². The molecule has 3 heteroatoms. The number of hydrogen-bond donors (Lipinski definition) is 1. The first-order valence-corrected chi connectivity index (χ1v) is 6.10. The van der Waals surface area contributed by atoms with Crippen LogP contribution >= 0.6 is 12.4 Å².